The SMILES string of the molecule is Cn1c(-c2ccccc2)cc2cc(-c3ccccc3)ccc21. The average Bonchev–Trinajstić information content (AvgIpc) is 2.93. The van der Waals surface area contributed by atoms with E-state index in [1.807, 2.05) is 0 Å². The van der Waals surface area contributed by atoms with Crippen LogP contribution in [0.4, 0.5) is 0 Å². The van der Waals surface area contributed by atoms with E-state index in [2.05, 4.69) is 96.5 Å². The van der Waals surface area contributed by atoms with Gasteiger partial charge in [0.1, 0.15) is 0 Å². The van der Waals surface area contributed by atoms with Crippen molar-refractivity contribution < 1.29 is 0 Å². The van der Waals surface area contributed by atoms with Crippen LogP contribution in [0.5, 0.6) is 0 Å². The second-order valence-electron chi connectivity index (χ2n) is 5.59. The number of rotatable bonds is 2. The van der Waals surface area contributed by atoms with Crippen LogP contribution >= 0.6 is 0 Å². The lowest BCUT2D eigenvalue weighted by atomic mass is 10.0. The summed E-state index contributed by atoms with van der Waals surface area (Å²) in [7, 11) is 2.13. The van der Waals surface area contributed by atoms with Gasteiger partial charge in [-0.3, -0.25) is 0 Å². The van der Waals surface area contributed by atoms with Crippen molar-refractivity contribution >= 4 is 10.9 Å². The van der Waals surface area contributed by atoms with Gasteiger partial charge in [0.05, 0.1) is 0 Å². The van der Waals surface area contributed by atoms with Crippen LogP contribution < -0.4 is 0 Å². The van der Waals surface area contributed by atoms with E-state index in [0.29, 0.717) is 0 Å². The molecule has 22 heavy (non-hydrogen) atoms. The summed E-state index contributed by atoms with van der Waals surface area (Å²) in [6, 6.07) is 30.0. The Bertz CT molecular complexity index is 918. The Morgan fingerprint density at radius 1 is 0.591 bits per heavy atom. The van der Waals surface area contributed by atoms with Crippen LogP contribution in [0.3, 0.4) is 0 Å². The van der Waals surface area contributed by atoms with Gasteiger partial charge in [-0.2, -0.15) is 0 Å². The normalized spacial score (nSPS) is 11.0. The van der Waals surface area contributed by atoms with Crippen LogP contribution in [-0.4, -0.2) is 4.57 Å². The maximum absolute atomic E-state index is 2.27. The molecule has 0 aliphatic heterocycles. The van der Waals surface area contributed by atoms with E-state index in [1.165, 1.54) is 33.3 Å². The molecule has 0 saturated heterocycles. The summed E-state index contributed by atoms with van der Waals surface area (Å²) in [6.45, 7) is 0. The maximum Gasteiger partial charge on any atom is 0.0488 e. The van der Waals surface area contributed by atoms with Crippen molar-refractivity contribution in [3.05, 3.63) is 84.9 Å². The lowest BCUT2D eigenvalue weighted by Gasteiger charge is -2.05. The van der Waals surface area contributed by atoms with Gasteiger partial charge in [0.15, 0.2) is 0 Å². The highest BCUT2D eigenvalue weighted by molar-refractivity contribution is 5.90. The molecule has 0 spiro atoms. The van der Waals surface area contributed by atoms with Crippen molar-refractivity contribution in [3.63, 3.8) is 0 Å². The van der Waals surface area contributed by atoms with Crippen molar-refractivity contribution in [1.82, 2.24) is 4.57 Å². The van der Waals surface area contributed by atoms with Crippen molar-refractivity contribution in [2.75, 3.05) is 0 Å². The summed E-state index contributed by atoms with van der Waals surface area (Å²) >= 11 is 0. The molecule has 0 saturated carbocycles. The number of benzene rings is 3. The first-order chi connectivity index (χ1) is 10.8. The molecule has 4 aromatic rings. The van der Waals surface area contributed by atoms with Gasteiger partial charge >= 0.3 is 0 Å². The summed E-state index contributed by atoms with van der Waals surface area (Å²) in [5.41, 5.74) is 6.29. The fourth-order valence-corrected chi connectivity index (χ4v) is 3.05. The van der Waals surface area contributed by atoms with E-state index < -0.39 is 0 Å². The molecule has 0 bridgehead atoms. The molecule has 1 heteroatoms. The molecule has 1 heterocycles. The van der Waals surface area contributed by atoms with Gasteiger partial charge in [-0.05, 0) is 34.9 Å². The monoisotopic (exact) mass is 283 g/mol. The molecule has 3 aromatic carbocycles. The first-order valence-electron chi connectivity index (χ1n) is 7.53. The highest BCUT2D eigenvalue weighted by Crippen LogP contribution is 2.30. The fraction of sp³-hybridized carbons (Fsp3) is 0.0476. The minimum absolute atomic E-state index is 1.25. The molecule has 106 valence electrons. The lowest BCUT2D eigenvalue weighted by molar-refractivity contribution is 0.978. The number of fused-ring (bicyclic) bond motifs is 1. The van der Waals surface area contributed by atoms with Crippen LogP contribution in [-0.2, 0) is 7.05 Å². The first-order valence-corrected chi connectivity index (χ1v) is 7.53. The second-order valence-corrected chi connectivity index (χ2v) is 5.59. The molecule has 0 fully saturated rings. The Morgan fingerprint density at radius 2 is 1.23 bits per heavy atom. The number of hydrogen-bond acceptors (Lipinski definition) is 0. The fourth-order valence-electron chi connectivity index (χ4n) is 3.05. The summed E-state index contributed by atoms with van der Waals surface area (Å²) in [4.78, 5) is 0. The topological polar surface area (TPSA) is 4.93 Å². The van der Waals surface area contributed by atoms with Crippen LogP contribution in [0, 0.1) is 0 Å². The van der Waals surface area contributed by atoms with E-state index in [4.69, 9.17) is 0 Å². The zero-order valence-electron chi connectivity index (χ0n) is 12.5. The Balaban J connectivity index is 1.88. The number of aromatic nitrogens is 1. The van der Waals surface area contributed by atoms with Gasteiger partial charge in [-0.25, -0.2) is 0 Å². The molecule has 0 radical (unpaired) electrons. The summed E-state index contributed by atoms with van der Waals surface area (Å²) in [6.07, 6.45) is 0. The minimum atomic E-state index is 1.25. The smallest absolute Gasteiger partial charge is 0.0488 e. The molecule has 0 atom stereocenters. The van der Waals surface area contributed by atoms with Gasteiger partial charge in [-0.15, -0.1) is 0 Å². The Morgan fingerprint density at radius 3 is 1.91 bits per heavy atom. The highest BCUT2D eigenvalue weighted by Gasteiger charge is 2.08. The van der Waals surface area contributed by atoms with Crippen molar-refractivity contribution in [2.24, 2.45) is 7.05 Å². The average molecular weight is 283 g/mol. The quantitative estimate of drug-likeness (QED) is 0.457. The van der Waals surface area contributed by atoms with Crippen molar-refractivity contribution in [1.29, 1.82) is 0 Å². The Kier molecular flexibility index (Phi) is 3.05. The van der Waals surface area contributed by atoms with Crippen LogP contribution in [0.2, 0.25) is 0 Å². The van der Waals surface area contributed by atoms with Crippen LogP contribution in [0.25, 0.3) is 33.3 Å². The third-order valence-electron chi connectivity index (χ3n) is 4.22. The lowest BCUT2D eigenvalue weighted by Crippen LogP contribution is -1.90. The van der Waals surface area contributed by atoms with Gasteiger partial charge in [-0.1, -0.05) is 66.7 Å². The predicted molar refractivity (Wildman–Crippen MR) is 93.8 cm³/mol. The molecule has 0 aliphatic rings. The van der Waals surface area contributed by atoms with Gasteiger partial charge in [0.2, 0.25) is 0 Å². The number of hydrogen-bond donors (Lipinski definition) is 0. The van der Waals surface area contributed by atoms with Gasteiger partial charge < -0.3 is 4.57 Å². The number of nitrogens with zero attached hydrogens (tertiary/aromatic N) is 1. The highest BCUT2D eigenvalue weighted by atomic mass is 14.9. The Hall–Kier alpha value is -2.80. The molecule has 0 unspecified atom stereocenters. The summed E-state index contributed by atoms with van der Waals surface area (Å²) in [5, 5.41) is 1.28. The van der Waals surface area contributed by atoms with E-state index >= 15 is 0 Å². The molecular weight excluding hydrogens is 266 g/mol. The van der Waals surface area contributed by atoms with Crippen molar-refractivity contribution in [2.45, 2.75) is 0 Å². The zero-order chi connectivity index (χ0) is 14.9. The van der Waals surface area contributed by atoms with Crippen LogP contribution in [0.1, 0.15) is 0 Å². The predicted octanol–water partition coefficient (Wildman–Crippen LogP) is 5.51. The third kappa shape index (κ3) is 2.11. The molecule has 4 rings (SSSR count). The number of aryl methyl sites for hydroxylation is 1. The summed E-state index contributed by atoms with van der Waals surface area (Å²) in [5.74, 6) is 0. The first kappa shape index (κ1) is 12.9. The maximum atomic E-state index is 2.27. The van der Waals surface area contributed by atoms with Crippen molar-refractivity contribution in [3.8, 4) is 22.4 Å². The molecule has 1 aromatic heterocycles. The van der Waals surface area contributed by atoms with Gasteiger partial charge in [0, 0.05) is 23.6 Å². The largest absolute Gasteiger partial charge is 0.344 e. The van der Waals surface area contributed by atoms with Gasteiger partial charge in [0.25, 0.3) is 0 Å². The molecule has 0 aliphatic carbocycles. The zero-order valence-corrected chi connectivity index (χ0v) is 12.5. The minimum Gasteiger partial charge on any atom is -0.344 e. The van der Waals surface area contributed by atoms with Crippen LogP contribution in [0.15, 0.2) is 84.9 Å². The van der Waals surface area contributed by atoms with E-state index in [0.717, 1.165) is 0 Å². The standard InChI is InChI=1S/C21H17N/c1-22-20-13-12-18(16-8-4-2-5-9-16)14-19(20)15-21(22)17-10-6-3-7-11-17/h2-15H,1H3. The Labute approximate surface area is 130 Å². The molecule has 0 N–H and O–H groups in total. The van der Waals surface area contributed by atoms with E-state index in [9.17, 15) is 0 Å². The van der Waals surface area contributed by atoms with E-state index in [1.54, 1.807) is 0 Å². The molecule has 0 amide bonds. The molecule has 1 nitrogen and oxygen atoms in total. The third-order valence-corrected chi connectivity index (χ3v) is 4.22. The summed E-state index contributed by atoms with van der Waals surface area (Å²) < 4.78 is 2.26. The second kappa shape index (κ2) is 5.19. The molecular formula is C21H17N. The van der Waals surface area contributed by atoms with E-state index in [-0.39, 0.29) is 0 Å².